The number of fused-ring (bicyclic) bond motifs is 1. The Hall–Kier alpha value is -3.11. The van der Waals surface area contributed by atoms with E-state index in [1.54, 1.807) is 0 Å². The predicted octanol–water partition coefficient (Wildman–Crippen LogP) is 1.06. The lowest BCUT2D eigenvalue weighted by molar-refractivity contribution is -0.192. The molecule has 0 aliphatic rings. The number of aliphatic carboxylic acids is 1. The largest absolute Gasteiger partial charge is 0.490 e. The van der Waals surface area contributed by atoms with Gasteiger partial charge in [-0.15, -0.1) is 0 Å². The van der Waals surface area contributed by atoms with Gasteiger partial charge in [-0.1, -0.05) is 0 Å². The molecule has 2 aromatic rings. The average Bonchev–Trinajstić information content (AvgIpc) is 2.88. The summed E-state index contributed by atoms with van der Waals surface area (Å²) in [7, 11) is 0. The molecule has 0 saturated heterocycles. The van der Waals surface area contributed by atoms with E-state index < -0.39 is 18.1 Å². The third kappa shape index (κ3) is 3.50. The van der Waals surface area contributed by atoms with Crippen molar-refractivity contribution in [1.29, 1.82) is 0 Å². The lowest BCUT2D eigenvalue weighted by Crippen LogP contribution is -2.21. The molecule has 2 aromatic heterocycles. The molecule has 0 unspecified atom stereocenters. The van der Waals surface area contributed by atoms with Crippen LogP contribution in [0.2, 0.25) is 0 Å². The summed E-state index contributed by atoms with van der Waals surface area (Å²) in [5.74, 6) is -3.88. The van der Waals surface area contributed by atoms with Crippen LogP contribution in [0.5, 0.6) is 0 Å². The number of aldehydes is 1. The highest BCUT2D eigenvalue weighted by molar-refractivity contribution is 5.98. The fraction of sp³-hybridized carbons (Fsp3) is 0.0909. The van der Waals surface area contributed by atoms with Gasteiger partial charge in [0.25, 0.3) is 0 Å². The van der Waals surface area contributed by atoms with E-state index in [0.29, 0.717) is 11.8 Å². The van der Waals surface area contributed by atoms with Gasteiger partial charge in [0.15, 0.2) is 6.29 Å². The summed E-state index contributed by atoms with van der Waals surface area (Å²) in [4.78, 5) is 34.3. The van der Waals surface area contributed by atoms with Gasteiger partial charge in [-0.25, -0.2) is 14.6 Å². The first-order chi connectivity index (χ1) is 10.1. The van der Waals surface area contributed by atoms with Crippen molar-refractivity contribution in [1.82, 2.24) is 9.38 Å². The minimum absolute atomic E-state index is 0.0561. The maximum atomic E-state index is 10.8. The lowest BCUT2D eigenvalue weighted by atomic mass is 10.1. The second kappa shape index (κ2) is 6.11. The summed E-state index contributed by atoms with van der Waals surface area (Å²) in [5, 5.41) is 16.0. The molecule has 0 aliphatic carbocycles. The zero-order valence-electron chi connectivity index (χ0n) is 10.5. The summed E-state index contributed by atoms with van der Waals surface area (Å²) in [6.07, 6.45) is -1.70. The van der Waals surface area contributed by atoms with Crippen molar-refractivity contribution in [2.75, 3.05) is 5.73 Å². The fourth-order valence-electron chi connectivity index (χ4n) is 1.40. The van der Waals surface area contributed by atoms with Crippen molar-refractivity contribution in [2.45, 2.75) is 6.18 Å². The predicted molar refractivity (Wildman–Crippen MR) is 65.6 cm³/mol. The summed E-state index contributed by atoms with van der Waals surface area (Å²) in [5.41, 5.74) is 6.25. The number of halogens is 3. The molecule has 0 fully saturated rings. The smallest absolute Gasteiger partial charge is 0.478 e. The van der Waals surface area contributed by atoms with Crippen LogP contribution in [-0.2, 0) is 4.79 Å². The van der Waals surface area contributed by atoms with Crippen LogP contribution in [-0.4, -0.2) is 44.0 Å². The van der Waals surface area contributed by atoms with Gasteiger partial charge in [0.1, 0.15) is 17.7 Å². The zero-order chi connectivity index (χ0) is 17.1. The number of aromatic carboxylic acids is 1. The third-order valence-electron chi connectivity index (χ3n) is 2.37. The second-order valence-electron chi connectivity index (χ2n) is 3.77. The van der Waals surface area contributed by atoms with Crippen LogP contribution >= 0.6 is 0 Å². The fourth-order valence-corrected chi connectivity index (χ4v) is 1.40. The second-order valence-corrected chi connectivity index (χ2v) is 3.77. The molecule has 2 heterocycles. The SMILES string of the molecule is Nc1c(C(=O)O)cc(C=O)c2cncn12.O=C(O)C(F)(F)F. The normalized spacial score (nSPS) is 10.7. The zero-order valence-corrected chi connectivity index (χ0v) is 10.5. The number of alkyl halides is 3. The van der Waals surface area contributed by atoms with E-state index in [-0.39, 0.29) is 16.9 Å². The number of pyridine rings is 1. The van der Waals surface area contributed by atoms with Crippen molar-refractivity contribution < 1.29 is 37.8 Å². The van der Waals surface area contributed by atoms with E-state index in [0.717, 1.165) is 0 Å². The van der Waals surface area contributed by atoms with Gasteiger partial charge >= 0.3 is 18.1 Å². The Morgan fingerprint density at radius 3 is 2.27 bits per heavy atom. The first kappa shape index (κ1) is 16.9. The van der Waals surface area contributed by atoms with Gasteiger partial charge in [-0.3, -0.25) is 9.20 Å². The molecule has 0 aliphatic heterocycles. The number of carboxylic acid groups (broad SMARTS) is 2. The Morgan fingerprint density at radius 1 is 1.32 bits per heavy atom. The number of anilines is 1. The van der Waals surface area contributed by atoms with E-state index in [1.807, 2.05) is 0 Å². The van der Waals surface area contributed by atoms with E-state index in [9.17, 15) is 22.8 Å². The number of carbonyl (C=O) groups excluding carboxylic acids is 1. The Kier molecular flexibility index (Phi) is 4.71. The summed E-state index contributed by atoms with van der Waals surface area (Å²) in [6.45, 7) is 0. The molecule has 8 nitrogen and oxygen atoms in total. The van der Waals surface area contributed by atoms with Crippen molar-refractivity contribution in [2.24, 2.45) is 0 Å². The van der Waals surface area contributed by atoms with Crippen molar-refractivity contribution in [3.8, 4) is 0 Å². The van der Waals surface area contributed by atoms with Crippen molar-refractivity contribution in [3.05, 3.63) is 29.7 Å². The Labute approximate surface area is 119 Å². The molecule has 4 N–H and O–H groups in total. The molecular weight excluding hydrogens is 311 g/mol. The first-order valence-corrected chi connectivity index (χ1v) is 5.32. The highest BCUT2D eigenvalue weighted by atomic mass is 19.4. The van der Waals surface area contributed by atoms with Gasteiger partial charge in [0.2, 0.25) is 0 Å². The molecule has 11 heteroatoms. The van der Waals surface area contributed by atoms with E-state index in [4.69, 9.17) is 20.7 Å². The monoisotopic (exact) mass is 319 g/mol. The maximum Gasteiger partial charge on any atom is 0.490 e. The molecule has 0 radical (unpaired) electrons. The number of imidazole rings is 1. The van der Waals surface area contributed by atoms with Crippen LogP contribution < -0.4 is 5.73 Å². The lowest BCUT2D eigenvalue weighted by Gasteiger charge is -2.05. The van der Waals surface area contributed by atoms with Crippen molar-refractivity contribution in [3.63, 3.8) is 0 Å². The number of rotatable bonds is 2. The number of hydrogen-bond donors (Lipinski definition) is 3. The van der Waals surface area contributed by atoms with Crippen LogP contribution in [0.25, 0.3) is 5.52 Å². The molecular formula is C11H8F3N3O5. The topological polar surface area (TPSA) is 135 Å². The van der Waals surface area contributed by atoms with Crippen LogP contribution in [0.3, 0.4) is 0 Å². The van der Waals surface area contributed by atoms with Crippen LogP contribution in [0.4, 0.5) is 19.0 Å². The van der Waals surface area contributed by atoms with Gasteiger partial charge < -0.3 is 15.9 Å². The average molecular weight is 319 g/mol. The number of carboxylic acids is 2. The minimum atomic E-state index is -5.08. The molecule has 118 valence electrons. The Balaban J connectivity index is 0.000000295. The van der Waals surface area contributed by atoms with Crippen molar-refractivity contribution >= 4 is 29.6 Å². The van der Waals surface area contributed by atoms with Gasteiger partial charge in [0.05, 0.1) is 11.7 Å². The van der Waals surface area contributed by atoms with Crippen LogP contribution in [0, 0.1) is 0 Å². The van der Waals surface area contributed by atoms with Gasteiger partial charge in [-0.2, -0.15) is 13.2 Å². The first-order valence-electron chi connectivity index (χ1n) is 5.32. The van der Waals surface area contributed by atoms with Crippen LogP contribution in [0.15, 0.2) is 18.6 Å². The highest BCUT2D eigenvalue weighted by Gasteiger charge is 2.38. The Morgan fingerprint density at radius 2 is 1.86 bits per heavy atom. The molecule has 2 rings (SSSR count). The quantitative estimate of drug-likeness (QED) is 0.704. The maximum absolute atomic E-state index is 10.8. The van der Waals surface area contributed by atoms with E-state index in [2.05, 4.69) is 4.98 Å². The number of nitrogen functional groups attached to an aromatic ring is 1. The van der Waals surface area contributed by atoms with Gasteiger partial charge in [-0.05, 0) is 6.07 Å². The molecule has 0 aromatic carbocycles. The number of nitrogens with two attached hydrogens (primary N) is 1. The summed E-state index contributed by atoms with van der Waals surface area (Å²) >= 11 is 0. The standard InChI is InChI=1S/C9H7N3O3.C2HF3O2/c10-8-6(9(14)15)1-5(3-13)7-2-11-4-12(7)8;3-2(4,5)1(6)7/h1-4H,10H2,(H,14,15);(H,6,7). The molecule has 0 atom stereocenters. The number of nitrogens with zero attached hydrogens (tertiary/aromatic N) is 2. The summed E-state index contributed by atoms with van der Waals surface area (Å²) < 4.78 is 33.1. The highest BCUT2D eigenvalue weighted by Crippen LogP contribution is 2.18. The number of carbonyl (C=O) groups is 3. The number of aromatic nitrogens is 2. The molecule has 0 amide bonds. The molecule has 22 heavy (non-hydrogen) atoms. The van der Waals surface area contributed by atoms with E-state index >= 15 is 0 Å². The minimum Gasteiger partial charge on any atom is -0.478 e. The molecule has 0 bridgehead atoms. The Bertz CT molecular complexity index is 738. The molecule has 0 saturated carbocycles. The van der Waals surface area contributed by atoms with Crippen LogP contribution in [0.1, 0.15) is 20.7 Å². The van der Waals surface area contributed by atoms with E-state index in [1.165, 1.54) is 23.0 Å². The summed E-state index contributed by atoms with van der Waals surface area (Å²) in [6, 6.07) is 1.24. The molecule has 0 spiro atoms. The van der Waals surface area contributed by atoms with Gasteiger partial charge in [0, 0.05) is 5.56 Å². The third-order valence-corrected chi connectivity index (χ3v) is 2.37. The number of hydrogen-bond acceptors (Lipinski definition) is 5.